The second kappa shape index (κ2) is 7.09. The molecule has 0 aromatic heterocycles. The van der Waals surface area contributed by atoms with Crippen molar-refractivity contribution in [3.8, 4) is 6.07 Å². The lowest BCUT2D eigenvalue weighted by atomic mass is 10.1. The summed E-state index contributed by atoms with van der Waals surface area (Å²) in [5.74, 6) is 0.746. The first-order valence-electron chi connectivity index (χ1n) is 6.21. The van der Waals surface area contributed by atoms with E-state index in [1.165, 1.54) is 12.0 Å². The fourth-order valence-corrected chi connectivity index (χ4v) is 1.70. The van der Waals surface area contributed by atoms with E-state index in [1.54, 1.807) is 0 Å². The van der Waals surface area contributed by atoms with Crippen LogP contribution in [0.3, 0.4) is 0 Å². The van der Waals surface area contributed by atoms with Crippen molar-refractivity contribution in [3.63, 3.8) is 0 Å². The molecule has 2 nitrogen and oxygen atoms in total. The lowest BCUT2D eigenvalue weighted by molar-refractivity contribution is 0.114. The molecule has 17 heavy (non-hydrogen) atoms. The lowest BCUT2D eigenvalue weighted by Gasteiger charge is -2.08. The number of hydrogen-bond acceptors (Lipinski definition) is 2. The van der Waals surface area contributed by atoms with Crippen LogP contribution < -0.4 is 0 Å². The summed E-state index contributed by atoms with van der Waals surface area (Å²) in [7, 11) is 0. The molecular weight excluding hydrogens is 210 g/mol. The normalized spacial score (nSPS) is 10.5. The Morgan fingerprint density at radius 1 is 1.35 bits per heavy atom. The van der Waals surface area contributed by atoms with E-state index in [0.29, 0.717) is 12.2 Å². The summed E-state index contributed by atoms with van der Waals surface area (Å²) in [5.41, 5.74) is 3.02. The first kappa shape index (κ1) is 13.7. The number of benzene rings is 1. The van der Waals surface area contributed by atoms with Crippen LogP contribution in [0.1, 0.15) is 43.4 Å². The summed E-state index contributed by atoms with van der Waals surface area (Å²) in [6.45, 7) is 7.94. The molecule has 0 saturated heterocycles. The second-order valence-electron chi connectivity index (χ2n) is 4.84. The number of nitrogens with zero attached hydrogens (tertiary/aromatic N) is 1. The van der Waals surface area contributed by atoms with Crippen molar-refractivity contribution in [1.82, 2.24) is 0 Å². The van der Waals surface area contributed by atoms with E-state index >= 15 is 0 Å². The molecule has 1 aromatic rings. The van der Waals surface area contributed by atoms with Gasteiger partial charge in [0.05, 0.1) is 18.2 Å². The SMILES string of the molecule is Cc1cc(C#N)ccc1COCCCC(C)C. The number of rotatable bonds is 6. The molecule has 1 rings (SSSR count). The van der Waals surface area contributed by atoms with Crippen molar-refractivity contribution in [2.45, 2.75) is 40.2 Å². The molecular formula is C15H21NO. The zero-order valence-corrected chi connectivity index (χ0v) is 11.0. The Bertz CT molecular complexity index is 390. The largest absolute Gasteiger partial charge is 0.377 e. The van der Waals surface area contributed by atoms with E-state index in [0.717, 1.165) is 24.5 Å². The van der Waals surface area contributed by atoms with Crippen molar-refractivity contribution in [2.24, 2.45) is 5.92 Å². The van der Waals surface area contributed by atoms with Gasteiger partial charge in [0.2, 0.25) is 0 Å². The smallest absolute Gasteiger partial charge is 0.0991 e. The van der Waals surface area contributed by atoms with Crippen LogP contribution >= 0.6 is 0 Å². The fourth-order valence-electron chi connectivity index (χ4n) is 1.70. The molecule has 0 aliphatic rings. The van der Waals surface area contributed by atoms with Crippen molar-refractivity contribution < 1.29 is 4.74 Å². The average molecular weight is 231 g/mol. The monoisotopic (exact) mass is 231 g/mol. The zero-order chi connectivity index (χ0) is 12.7. The minimum absolute atomic E-state index is 0.648. The predicted molar refractivity (Wildman–Crippen MR) is 69.6 cm³/mol. The first-order valence-corrected chi connectivity index (χ1v) is 6.21. The molecule has 0 aliphatic carbocycles. The molecule has 0 fully saturated rings. The van der Waals surface area contributed by atoms with Gasteiger partial charge in [-0.3, -0.25) is 0 Å². The molecule has 0 saturated carbocycles. The van der Waals surface area contributed by atoms with Crippen LogP contribution in [0.25, 0.3) is 0 Å². The third-order valence-electron chi connectivity index (χ3n) is 2.80. The Kier molecular flexibility index (Phi) is 5.72. The van der Waals surface area contributed by atoms with Gasteiger partial charge >= 0.3 is 0 Å². The maximum absolute atomic E-state index is 8.77. The highest BCUT2D eigenvalue weighted by Crippen LogP contribution is 2.12. The highest BCUT2D eigenvalue weighted by molar-refractivity contribution is 5.37. The zero-order valence-electron chi connectivity index (χ0n) is 11.0. The lowest BCUT2D eigenvalue weighted by Crippen LogP contribution is -1.99. The third kappa shape index (κ3) is 5.01. The van der Waals surface area contributed by atoms with Crippen molar-refractivity contribution in [3.05, 3.63) is 34.9 Å². The van der Waals surface area contributed by atoms with Gasteiger partial charge in [0.15, 0.2) is 0 Å². The molecule has 0 aliphatic heterocycles. The summed E-state index contributed by atoms with van der Waals surface area (Å²) >= 11 is 0. The van der Waals surface area contributed by atoms with E-state index < -0.39 is 0 Å². The van der Waals surface area contributed by atoms with Crippen LogP contribution in [0.5, 0.6) is 0 Å². The number of nitriles is 1. The Hall–Kier alpha value is -1.33. The van der Waals surface area contributed by atoms with E-state index in [1.807, 2.05) is 25.1 Å². The summed E-state index contributed by atoms with van der Waals surface area (Å²) in [6, 6.07) is 7.88. The quantitative estimate of drug-likeness (QED) is 0.697. The van der Waals surface area contributed by atoms with Crippen LogP contribution in [-0.2, 0) is 11.3 Å². The molecule has 0 heterocycles. The van der Waals surface area contributed by atoms with Gasteiger partial charge in [-0.1, -0.05) is 19.9 Å². The van der Waals surface area contributed by atoms with E-state index in [-0.39, 0.29) is 0 Å². The van der Waals surface area contributed by atoms with Crippen LogP contribution in [0.15, 0.2) is 18.2 Å². The molecule has 92 valence electrons. The predicted octanol–water partition coefficient (Wildman–Crippen LogP) is 3.82. The number of aryl methyl sites for hydroxylation is 1. The Labute approximate surface area is 104 Å². The Morgan fingerprint density at radius 3 is 2.71 bits per heavy atom. The molecule has 0 radical (unpaired) electrons. The molecule has 0 bridgehead atoms. The van der Waals surface area contributed by atoms with Gasteiger partial charge in [-0.2, -0.15) is 5.26 Å². The van der Waals surface area contributed by atoms with E-state index in [2.05, 4.69) is 19.9 Å². The van der Waals surface area contributed by atoms with Crippen LogP contribution in [0, 0.1) is 24.2 Å². The second-order valence-corrected chi connectivity index (χ2v) is 4.84. The maximum atomic E-state index is 8.77. The summed E-state index contributed by atoms with van der Waals surface area (Å²) in [6.07, 6.45) is 2.33. The molecule has 2 heteroatoms. The van der Waals surface area contributed by atoms with Gasteiger partial charge in [-0.15, -0.1) is 0 Å². The minimum Gasteiger partial charge on any atom is -0.377 e. The molecule has 0 spiro atoms. The highest BCUT2D eigenvalue weighted by atomic mass is 16.5. The summed E-state index contributed by atoms with van der Waals surface area (Å²) < 4.78 is 5.64. The van der Waals surface area contributed by atoms with E-state index in [9.17, 15) is 0 Å². The van der Waals surface area contributed by atoms with Crippen molar-refractivity contribution >= 4 is 0 Å². The average Bonchev–Trinajstić information content (AvgIpc) is 2.30. The van der Waals surface area contributed by atoms with Crippen LogP contribution in [0.2, 0.25) is 0 Å². The molecule has 0 unspecified atom stereocenters. The molecule has 1 aromatic carbocycles. The van der Waals surface area contributed by atoms with Crippen LogP contribution in [-0.4, -0.2) is 6.61 Å². The Balaban J connectivity index is 2.35. The van der Waals surface area contributed by atoms with Gasteiger partial charge < -0.3 is 4.74 Å². The van der Waals surface area contributed by atoms with Gasteiger partial charge in [0.25, 0.3) is 0 Å². The van der Waals surface area contributed by atoms with E-state index in [4.69, 9.17) is 10.00 Å². The third-order valence-corrected chi connectivity index (χ3v) is 2.80. The van der Waals surface area contributed by atoms with Crippen molar-refractivity contribution in [1.29, 1.82) is 5.26 Å². The summed E-state index contributed by atoms with van der Waals surface area (Å²) in [4.78, 5) is 0. The van der Waals surface area contributed by atoms with Gasteiger partial charge in [-0.05, 0) is 48.9 Å². The maximum Gasteiger partial charge on any atom is 0.0991 e. The number of ether oxygens (including phenoxy) is 1. The van der Waals surface area contributed by atoms with Gasteiger partial charge in [0.1, 0.15) is 0 Å². The molecule has 0 atom stereocenters. The topological polar surface area (TPSA) is 33.0 Å². The summed E-state index contributed by atoms with van der Waals surface area (Å²) in [5, 5.41) is 8.77. The standard InChI is InChI=1S/C15H21NO/c1-12(2)5-4-8-17-11-15-7-6-14(10-16)9-13(15)3/h6-7,9,12H,4-5,8,11H2,1-3H3. The van der Waals surface area contributed by atoms with Gasteiger partial charge in [-0.25, -0.2) is 0 Å². The fraction of sp³-hybridized carbons (Fsp3) is 0.533. The van der Waals surface area contributed by atoms with Crippen molar-refractivity contribution in [2.75, 3.05) is 6.61 Å². The minimum atomic E-state index is 0.648. The highest BCUT2D eigenvalue weighted by Gasteiger charge is 2.00. The first-order chi connectivity index (χ1) is 8.13. The Morgan fingerprint density at radius 2 is 2.12 bits per heavy atom. The number of hydrogen-bond donors (Lipinski definition) is 0. The molecule has 0 amide bonds. The van der Waals surface area contributed by atoms with Gasteiger partial charge in [0, 0.05) is 6.61 Å². The van der Waals surface area contributed by atoms with Crippen LogP contribution in [0.4, 0.5) is 0 Å². The molecule has 0 N–H and O–H groups in total.